The quantitative estimate of drug-likeness (QED) is 0.613. The Balaban J connectivity index is 1.48. The molecule has 1 atom stereocenters. The maximum atomic E-state index is 12.6. The van der Waals surface area contributed by atoms with Crippen molar-refractivity contribution in [3.63, 3.8) is 0 Å². The number of anilines is 1. The first kappa shape index (κ1) is 19.0. The second kappa shape index (κ2) is 7.98. The lowest BCUT2D eigenvalue weighted by atomic mass is 9.99. The molecule has 8 heteroatoms. The molecule has 0 aromatic heterocycles. The predicted octanol–water partition coefficient (Wildman–Crippen LogP) is 3.49. The number of carbonyl (C=O) groups is 1. The Morgan fingerprint density at radius 1 is 1.24 bits per heavy atom. The third-order valence-corrected chi connectivity index (χ3v) is 5.32. The van der Waals surface area contributed by atoms with Gasteiger partial charge in [0.15, 0.2) is 11.5 Å². The largest absolute Gasteiger partial charge is 0.454 e. The van der Waals surface area contributed by atoms with E-state index in [1.165, 1.54) is 6.07 Å². The van der Waals surface area contributed by atoms with Crippen molar-refractivity contribution in [2.24, 2.45) is 5.92 Å². The topological polar surface area (TPSA) is 93.9 Å². The van der Waals surface area contributed by atoms with Gasteiger partial charge in [-0.15, -0.1) is 0 Å². The number of nitrogens with zero attached hydrogens (tertiary/aromatic N) is 2. The lowest BCUT2D eigenvalue weighted by molar-refractivity contribution is -0.384. The molecule has 0 saturated carbocycles. The molecule has 1 fully saturated rings. The van der Waals surface area contributed by atoms with Crippen molar-refractivity contribution in [2.45, 2.75) is 26.3 Å². The summed E-state index contributed by atoms with van der Waals surface area (Å²) in [6.45, 7) is 4.21. The van der Waals surface area contributed by atoms with Gasteiger partial charge in [-0.25, -0.2) is 0 Å². The van der Waals surface area contributed by atoms with E-state index in [2.05, 4.69) is 12.2 Å². The van der Waals surface area contributed by atoms with E-state index in [1.807, 2.05) is 17.0 Å². The number of hydrogen-bond acceptors (Lipinski definition) is 6. The molecule has 0 radical (unpaired) electrons. The number of rotatable bonds is 5. The summed E-state index contributed by atoms with van der Waals surface area (Å²) < 4.78 is 10.6. The molecule has 1 amide bonds. The molecular formula is C21H23N3O5. The van der Waals surface area contributed by atoms with Crippen molar-refractivity contribution in [1.82, 2.24) is 5.32 Å². The molecule has 2 aliphatic heterocycles. The second-order valence-corrected chi connectivity index (χ2v) is 7.52. The Bertz CT molecular complexity index is 946. The zero-order valence-electron chi connectivity index (χ0n) is 16.2. The number of nitro groups is 1. The number of nitro benzene ring substituents is 1. The van der Waals surface area contributed by atoms with Gasteiger partial charge in [0.1, 0.15) is 5.69 Å². The van der Waals surface area contributed by atoms with Crippen molar-refractivity contribution >= 4 is 17.3 Å². The summed E-state index contributed by atoms with van der Waals surface area (Å²) in [5.41, 5.74) is 1.67. The summed E-state index contributed by atoms with van der Waals surface area (Å²) in [4.78, 5) is 25.8. The molecule has 4 rings (SSSR count). The standard InChI is InChI=1S/C21H23N3O5/c1-14-3-2-8-23(12-14)17-6-5-16(10-18(17)24(26)27)21(25)22-11-15-4-7-19-20(9-15)29-13-28-19/h4-7,9-10,14H,2-3,8,11-13H2,1H3,(H,22,25)/t14-/m0/s1. The minimum absolute atomic E-state index is 0.0326. The molecule has 8 nitrogen and oxygen atoms in total. The van der Waals surface area contributed by atoms with Crippen LogP contribution in [0.3, 0.4) is 0 Å². The number of benzene rings is 2. The van der Waals surface area contributed by atoms with Gasteiger partial charge in [-0.1, -0.05) is 13.0 Å². The van der Waals surface area contributed by atoms with Crippen LogP contribution in [0.5, 0.6) is 11.5 Å². The van der Waals surface area contributed by atoms with Gasteiger partial charge < -0.3 is 19.7 Å². The van der Waals surface area contributed by atoms with Crippen molar-refractivity contribution in [3.8, 4) is 11.5 Å². The highest BCUT2D eigenvalue weighted by molar-refractivity contribution is 5.95. The van der Waals surface area contributed by atoms with E-state index in [0.717, 1.165) is 31.5 Å². The summed E-state index contributed by atoms with van der Waals surface area (Å²) in [5.74, 6) is 1.46. The fraction of sp³-hybridized carbons (Fsp3) is 0.381. The molecule has 152 valence electrons. The maximum Gasteiger partial charge on any atom is 0.293 e. The van der Waals surface area contributed by atoms with Crippen LogP contribution in [0.1, 0.15) is 35.7 Å². The first-order valence-corrected chi connectivity index (χ1v) is 9.71. The first-order valence-electron chi connectivity index (χ1n) is 9.71. The molecule has 0 aliphatic carbocycles. The molecule has 1 saturated heterocycles. The molecule has 2 aromatic rings. The van der Waals surface area contributed by atoms with Gasteiger partial charge in [-0.3, -0.25) is 14.9 Å². The lowest BCUT2D eigenvalue weighted by Gasteiger charge is -2.32. The summed E-state index contributed by atoms with van der Waals surface area (Å²) in [6.07, 6.45) is 2.14. The molecule has 2 aliphatic rings. The summed E-state index contributed by atoms with van der Waals surface area (Å²) in [6, 6.07) is 10.2. The molecule has 0 unspecified atom stereocenters. The molecule has 0 spiro atoms. The Kier molecular flexibility index (Phi) is 5.24. The van der Waals surface area contributed by atoms with E-state index in [0.29, 0.717) is 23.1 Å². The van der Waals surface area contributed by atoms with Crippen LogP contribution in [-0.2, 0) is 6.54 Å². The molecule has 29 heavy (non-hydrogen) atoms. The average Bonchev–Trinajstić information content (AvgIpc) is 3.19. The van der Waals surface area contributed by atoms with Gasteiger partial charge >= 0.3 is 0 Å². The fourth-order valence-corrected chi connectivity index (χ4v) is 3.82. The van der Waals surface area contributed by atoms with Crippen LogP contribution in [0, 0.1) is 16.0 Å². The van der Waals surface area contributed by atoms with Gasteiger partial charge in [0.2, 0.25) is 6.79 Å². The zero-order chi connectivity index (χ0) is 20.4. The van der Waals surface area contributed by atoms with Crippen LogP contribution in [-0.4, -0.2) is 30.7 Å². The van der Waals surface area contributed by atoms with Crippen LogP contribution in [0.2, 0.25) is 0 Å². The number of carbonyl (C=O) groups excluding carboxylic acids is 1. The highest BCUT2D eigenvalue weighted by Gasteiger charge is 2.25. The van der Waals surface area contributed by atoms with Gasteiger partial charge in [0.05, 0.1) is 4.92 Å². The van der Waals surface area contributed by atoms with Crippen LogP contribution in [0.25, 0.3) is 0 Å². The maximum absolute atomic E-state index is 12.6. The highest BCUT2D eigenvalue weighted by Crippen LogP contribution is 2.33. The van der Waals surface area contributed by atoms with Crippen LogP contribution in [0.15, 0.2) is 36.4 Å². The molecule has 0 bridgehead atoms. The predicted molar refractivity (Wildman–Crippen MR) is 107 cm³/mol. The summed E-state index contributed by atoms with van der Waals surface area (Å²) in [7, 11) is 0. The third kappa shape index (κ3) is 4.11. The Hall–Kier alpha value is -3.29. The SMILES string of the molecule is C[C@H]1CCCN(c2ccc(C(=O)NCc3ccc4c(c3)OCO4)cc2[N+](=O)[O-])C1. The van der Waals surface area contributed by atoms with E-state index >= 15 is 0 Å². The first-order chi connectivity index (χ1) is 14.0. The van der Waals surface area contributed by atoms with Crippen molar-refractivity contribution in [3.05, 3.63) is 57.6 Å². The van der Waals surface area contributed by atoms with Crippen molar-refractivity contribution in [1.29, 1.82) is 0 Å². The Morgan fingerprint density at radius 2 is 2.07 bits per heavy atom. The number of amides is 1. The third-order valence-electron chi connectivity index (χ3n) is 5.32. The molecule has 1 N–H and O–H groups in total. The number of piperidine rings is 1. The number of nitrogens with one attached hydrogen (secondary N) is 1. The van der Waals surface area contributed by atoms with E-state index < -0.39 is 4.92 Å². The highest BCUT2D eigenvalue weighted by atomic mass is 16.7. The normalized spacial score (nSPS) is 17.8. The van der Waals surface area contributed by atoms with Gasteiger partial charge in [-0.2, -0.15) is 0 Å². The second-order valence-electron chi connectivity index (χ2n) is 7.52. The fourth-order valence-electron chi connectivity index (χ4n) is 3.82. The van der Waals surface area contributed by atoms with E-state index in [-0.39, 0.29) is 30.5 Å². The minimum atomic E-state index is -0.413. The minimum Gasteiger partial charge on any atom is -0.454 e. The molecular weight excluding hydrogens is 374 g/mol. The average molecular weight is 397 g/mol. The van der Waals surface area contributed by atoms with E-state index in [1.54, 1.807) is 18.2 Å². The number of fused-ring (bicyclic) bond motifs is 1. The summed E-state index contributed by atoms with van der Waals surface area (Å²) >= 11 is 0. The monoisotopic (exact) mass is 397 g/mol. The van der Waals surface area contributed by atoms with Crippen LogP contribution in [0.4, 0.5) is 11.4 Å². The Labute approximate surface area is 168 Å². The Morgan fingerprint density at radius 3 is 2.86 bits per heavy atom. The smallest absolute Gasteiger partial charge is 0.293 e. The van der Waals surface area contributed by atoms with Gasteiger partial charge in [0, 0.05) is 31.3 Å². The van der Waals surface area contributed by atoms with Gasteiger partial charge in [0.25, 0.3) is 11.6 Å². The lowest BCUT2D eigenvalue weighted by Crippen LogP contribution is -2.34. The summed E-state index contributed by atoms with van der Waals surface area (Å²) in [5, 5.41) is 14.4. The molecule has 2 aromatic carbocycles. The van der Waals surface area contributed by atoms with Crippen molar-refractivity contribution in [2.75, 3.05) is 24.8 Å². The molecule has 2 heterocycles. The van der Waals surface area contributed by atoms with Gasteiger partial charge in [-0.05, 0) is 48.6 Å². The number of hydrogen-bond donors (Lipinski definition) is 1. The van der Waals surface area contributed by atoms with Crippen LogP contribution < -0.4 is 19.7 Å². The zero-order valence-corrected chi connectivity index (χ0v) is 16.2. The van der Waals surface area contributed by atoms with E-state index in [4.69, 9.17) is 9.47 Å². The van der Waals surface area contributed by atoms with E-state index in [9.17, 15) is 14.9 Å². The van der Waals surface area contributed by atoms with Crippen LogP contribution >= 0.6 is 0 Å². The van der Waals surface area contributed by atoms with Crippen molar-refractivity contribution < 1.29 is 19.2 Å². The number of ether oxygens (including phenoxy) is 2.